The maximum Gasteiger partial charge on any atom is 0.326 e. The number of hydrogen-bond donors (Lipinski definition) is 2. The van der Waals surface area contributed by atoms with Crippen LogP contribution in [0.15, 0.2) is 18.6 Å². The van der Waals surface area contributed by atoms with Crippen molar-refractivity contribution in [3.8, 4) is 0 Å². The molecule has 0 saturated heterocycles. The largest absolute Gasteiger partial charge is 0.480 e. The summed E-state index contributed by atoms with van der Waals surface area (Å²) < 4.78 is 0. The lowest BCUT2D eigenvalue weighted by Gasteiger charge is -2.12. The molecule has 0 bridgehead atoms. The number of carbonyl (C=O) groups is 2. The third-order valence-corrected chi connectivity index (χ3v) is 2.22. The molecule has 1 aromatic heterocycles. The Kier molecular flexibility index (Phi) is 5.06. The van der Waals surface area contributed by atoms with E-state index in [1.165, 1.54) is 6.92 Å². The summed E-state index contributed by atoms with van der Waals surface area (Å²) >= 11 is 0. The molecule has 0 aliphatic carbocycles. The van der Waals surface area contributed by atoms with Crippen LogP contribution in [-0.4, -0.2) is 33.0 Å². The molecule has 0 aliphatic heterocycles. The maximum atomic E-state index is 10.8. The van der Waals surface area contributed by atoms with Gasteiger partial charge < -0.3 is 10.4 Å². The van der Waals surface area contributed by atoms with Crippen LogP contribution in [0.2, 0.25) is 0 Å². The second kappa shape index (κ2) is 6.57. The number of aliphatic carboxylic acids is 1. The minimum absolute atomic E-state index is 0.336. The summed E-state index contributed by atoms with van der Waals surface area (Å²) in [6, 6.07) is -0.829. The van der Waals surface area contributed by atoms with Crippen molar-refractivity contribution in [3.05, 3.63) is 24.3 Å². The molecule has 0 radical (unpaired) electrons. The predicted molar refractivity (Wildman–Crippen MR) is 60.2 cm³/mol. The number of hydrogen-bond acceptors (Lipinski definition) is 4. The normalized spacial score (nSPS) is 11.8. The van der Waals surface area contributed by atoms with Crippen molar-refractivity contribution in [2.45, 2.75) is 32.2 Å². The highest BCUT2D eigenvalue weighted by atomic mass is 16.4. The van der Waals surface area contributed by atoms with E-state index in [1.54, 1.807) is 18.6 Å². The molecule has 6 nitrogen and oxygen atoms in total. The van der Waals surface area contributed by atoms with Crippen molar-refractivity contribution in [1.29, 1.82) is 0 Å². The zero-order valence-electron chi connectivity index (χ0n) is 9.59. The number of carboxylic acids is 1. The maximum absolute atomic E-state index is 10.8. The van der Waals surface area contributed by atoms with E-state index in [-0.39, 0.29) is 5.91 Å². The molecule has 0 saturated carbocycles. The Hall–Kier alpha value is -1.98. The van der Waals surface area contributed by atoms with Crippen LogP contribution < -0.4 is 5.32 Å². The lowest BCUT2D eigenvalue weighted by Crippen LogP contribution is -2.39. The molecule has 1 atom stereocenters. The van der Waals surface area contributed by atoms with Crippen LogP contribution in [-0.2, 0) is 16.0 Å². The number of aromatic nitrogens is 2. The lowest BCUT2D eigenvalue weighted by molar-refractivity contribution is -0.141. The van der Waals surface area contributed by atoms with Crippen LogP contribution in [0, 0.1) is 0 Å². The van der Waals surface area contributed by atoms with Gasteiger partial charge in [-0.1, -0.05) is 0 Å². The average molecular weight is 237 g/mol. The highest BCUT2D eigenvalue weighted by molar-refractivity contribution is 5.81. The molecule has 0 spiro atoms. The van der Waals surface area contributed by atoms with Crippen molar-refractivity contribution in [2.75, 3.05) is 0 Å². The summed E-state index contributed by atoms with van der Waals surface area (Å²) in [4.78, 5) is 29.6. The van der Waals surface area contributed by atoms with E-state index >= 15 is 0 Å². The van der Waals surface area contributed by atoms with Gasteiger partial charge in [-0.3, -0.25) is 14.8 Å². The first-order chi connectivity index (χ1) is 8.09. The molecule has 0 aliphatic rings. The van der Waals surface area contributed by atoms with Gasteiger partial charge in [0.1, 0.15) is 6.04 Å². The molecule has 2 N–H and O–H groups in total. The van der Waals surface area contributed by atoms with Crippen LogP contribution in [0.25, 0.3) is 0 Å². The molecule has 92 valence electrons. The third-order valence-electron chi connectivity index (χ3n) is 2.22. The van der Waals surface area contributed by atoms with Gasteiger partial charge in [0.05, 0.1) is 5.69 Å². The highest BCUT2D eigenvalue weighted by Gasteiger charge is 2.17. The summed E-state index contributed by atoms with van der Waals surface area (Å²) in [5, 5.41) is 11.3. The minimum atomic E-state index is -1.01. The van der Waals surface area contributed by atoms with Gasteiger partial charge in [-0.15, -0.1) is 0 Å². The number of nitrogens with one attached hydrogen (secondary N) is 1. The van der Waals surface area contributed by atoms with Gasteiger partial charge in [0, 0.05) is 25.5 Å². The molecule has 1 aromatic rings. The number of nitrogens with zero attached hydrogens (tertiary/aromatic N) is 2. The zero-order chi connectivity index (χ0) is 12.7. The quantitative estimate of drug-likeness (QED) is 0.746. The minimum Gasteiger partial charge on any atom is -0.480 e. The van der Waals surface area contributed by atoms with Crippen LogP contribution in [0.4, 0.5) is 0 Å². The van der Waals surface area contributed by atoms with Gasteiger partial charge in [0.25, 0.3) is 0 Å². The number of rotatable bonds is 6. The van der Waals surface area contributed by atoms with Crippen molar-refractivity contribution >= 4 is 11.9 Å². The summed E-state index contributed by atoms with van der Waals surface area (Å²) in [5.41, 5.74) is 0.819. The number of amides is 1. The monoisotopic (exact) mass is 237 g/mol. The van der Waals surface area contributed by atoms with E-state index in [4.69, 9.17) is 5.11 Å². The lowest BCUT2D eigenvalue weighted by atomic mass is 10.1. The van der Waals surface area contributed by atoms with Gasteiger partial charge in [0.2, 0.25) is 5.91 Å². The van der Waals surface area contributed by atoms with E-state index in [0.717, 1.165) is 5.69 Å². The van der Waals surface area contributed by atoms with E-state index in [2.05, 4.69) is 15.3 Å². The third kappa shape index (κ3) is 5.05. The first kappa shape index (κ1) is 13.1. The van der Waals surface area contributed by atoms with Crippen molar-refractivity contribution < 1.29 is 14.7 Å². The summed E-state index contributed by atoms with van der Waals surface area (Å²) in [5.74, 6) is -1.35. The molecular weight excluding hydrogens is 222 g/mol. The van der Waals surface area contributed by atoms with Gasteiger partial charge >= 0.3 is 5.97 Å². The second-order valence-electron chi connectivity index (χ2n) is 3.68. The van der Waals surface area contributed by atoms with Crippen molar-refractivity contribution in [2.24, 2.45) is 0 Å². The first-order valence-corrected chi connectivity index (χ1v) is 5.34. The number of carboxylic acid groups (broad SMARTS) is 1. The van der Waals surface area contributed by atoms with Gasteiger partial charge in [-0.2, -0.15) is 0 Å². The van der Waals surface area contributed by atoms with Crippen LogP contribution >= 0.6 is 0 Å². The molecule has 1 unspecified atom stereocenters. The Labute approximate surface area is 99.1 Å². The Balaban J connectivity index is 2.37. The zero-order valence-corrected chi connectivity index (χ0v) is 9.59. The molecule has 0 aromatic carbocycles. The van der Waals surface area contributed by atoms with E-state index in [0.29, 0.717) is 19.3 Å². The van der Waals surface area contributed by atoms with E-state index in [9.17, 15) is 9.59 Å². The first-order valence-electron chi connectivity index (χ1n) is 5.34. The standard InChI is InChI=1S/C11H15N3O3/c1-8(15)14-10(11(16)17)4-2-3-9-7-12-5-6-13-9/h5-7,10H,2-4H2,1H3,(H,14,15)(H,16,17). The molecule has 6 heteroatoms. The molecular formula is C11H15N3O3. The topological polar surface area (TPSA) is 92.2 Å². The summed E-state index contributed by atoms with van der Waals surface area (Å²) in [6.07, 6.45) is 6.49. The fourth-order valence-corrected chi connectivity index (χ4v) is 1.45. The van der Waals surface area contributed by atoms with Crippen molar-refractivity contribution in [1.82, 2.24) is 15.3 Å². The van der Waals surface area contributed by atoms with E-state index < -0.39 is 12.0 Å². The van der Waals surface area contributed by atoms with Gasteiger partial charge in [0.15, 0.2) is 0 Å². The van der Waals surface area contributed by atoms with Gasteiger partial charge in [-0.05, 0) is 19.3 Å². The number of carbonyl (C=O) groups excluding carboxylic acids is 1. The molecule has 17 heavy (non-hydrogen) atoms. The molecule has 1 amide bonds. The molecule has 1 rings (SSSR count). The Morgan fingerprint density at radius 3 is 2.76 bits per heavy atom. The Morgan fingerprint density at radius 2 is 2.24 bits per heavy atom. The van der Waals surface area contributed by atoms with Crippen LogP contribution in [0.3, 0.4) is 0 Å². The SMILES string of the molecule is CC(=O)NC(CCCc1cnccn1)C(=O)O. The fourth-order valence-electron chi connectivity index (χ4n) is 1.45. The number of aryl methyl sites for hydroxylation is 1. The Morgan fingerprint density at radius 1 is 1.47 bits per heavy atom. The fraction of sp³-hybridized carbons (Fsp3) is 0.455. The van der Waals surface area contributed by atoms with Crippen LogP contribution in [0.5, 0.6) is 0 Å². The van der Waals surface area contributed by atoms with Crippen molar-refractivity contribution in [3.63, 3.8) is 0 Å². The van der Waals surface area contributed by atoms with Gasteiger partial charge in [-0.25, -0.2) is 4.79 Å². The summed E-state index contributed by atoms with van der Waals surface area (Å²) in [7, 11) is 0. The predicted octanol–water partition coefficient (Wildman–Crippen LogP) is 0.389. The highest BCUT2D eigenvalue weighted by Crippen LogP contribution is 2.03. The van der Waals surface area contributed by atoms with E-state index in [1.807, 2.05) is 0 Å². The smallest absolute Gasteiger partial charge is 0.326 e. The molecule has 0 fully saturated rings. The average Bonchev–Trinajstić information content (AvgIpc) is 2.28. The van der Waals surface area contributed by atoms with Crippen LogP contribution in [0.1, 0.15) is 25.5 Å². The summed E-state index contributed by atoms with van der Waals surface area (Å²) in [6.45, 7) is 1.30. The Bertz CT molecular complexity index is 381. The molecule has 1 heterocycles. The second-order valence-corrected chi connectivity index (χ2v) is 3.68.